The summed E-state index contributed by atoms with van der Waals surface area (Å²) in [5.74, 6) is 1.37. The Morgan fingerprint density at radius 3 is 2.90 bits per heavy atom. The van der Waals surface area contributed by atoms with Crippen LogP contribution in [0, 0.1) is 0 Å². The number of thiophene rings is 1. The number of hydrogen-bond acceptors (Lipinski definition) is 7. The van der Waals surface area contributed by atoms with Crippen molar-refractivity contribution in [3.05, 3.63) is 23.1 Å². The molecule has 0 unspecified atom stereocenters. The minimum atomic E-state index is -0.123. The standard InChI is InChI=1S/C12H13N5OS2/c1-3-8-13-10-7(4-5-19-10)11(14-8)20-12-16-15-9(6-18)17(12)2/h4-5,18H,3,6H2,1-2H3. The molecule has 0 aromatic carbocycles. The van der Waals surface area contributed by atoms with E-state index in [0.29, 0.717) is 11.0 Å². The molecule has 0 aliphatic carbocycles. The van der Waals surface area contributed by atoms with Crippen LogP contribution in [0.25, 0.3) is 10.2 Å². The summed E-state index contributed by atoms with van der Waals surface area (Å²) in [6.07, 6.45) is 0.794. The van der Waals surface area contributed by atoms with Crippen LogP contribution >= 0.6 is 23.1 Å². The molecular weight excluding hydrogens is 294 g/mol. The molecule has 0 atom stereocenters. The summed E-state index contributed by atoms with van der Waals surface area (Å²) in [5, 5.41) is 21.8. The molecule has 0 saturated heterocycles. The molecule has 0 spiro atoms. The first-order valence-corrected chi connectivity index (χ1v) is 7.83. The van der Waals surface area contributed by atoms with E-state index in [1.807, 2.05) is 25.4 Å². The minimum absolute atomic E-state index is 0.123. The lowest BCUT2D eigenvalue weighted by Gasteiger charge is -2.04. The predicted molar refractivity (Wildman–Crippen MR) is 77.8 cm³/mol. The van der Waals surface area contributed by atoms with Gasteiger partial charge in [-0.1, -0.05) is 6.92 Å². The van der Waals surface area contributed by atoms with Crippen molar-refractivity contribution in [3.63, 3.8) is 0 Å². The van der Waals surface area contributed by atoms with Gasteiger partial charge in [-0.15, -0.1) is 21.5 Å². The Hall–Kier alpha value is -1.51. The van der Waals surface area contributed by atoms with Gasteiger partial charge in [-0.3, -0.25) is 0 Å². The maximum atomic E-state index is 9.16. The molecule has 6 nitrogen and oxygen atoms in total. The highest BCUT2D eigenvalue weighted by atomic mass is 32.2. The van der Waals surface area contributed by atoms with Gasteiger partial charge >= 0.3 is 0 Å². The van der Waals surface area contributed by atoms with E-state index in [1.54, 1.807) is 15.9 Å². The second-order valence-electron chi connectivity index (χ2n) is 4.16. The molecule has 0 radical (unpaired) electrons. The highest BCUT2D eigenvalue weighted by Gasteiger charge is 2.14. The average Bonchev–Trinajstić information content (AvgIpc) is 3.06. The molecule has 20 heavy (non-hydrogen) atoms. The molecule has 8 heteroatoms. The van der Waals surface area contributed by atoms with Crippen LogP contribution in [0.4, 0.5) is 0 Å². The molecule has 0 aliphatic heterocycles. The van der Waals surface area contributed by atoms with E-state index in [-0.39, 0.29) is 6.61 Å². The van der Waals surface area contributed by atoms with Gasteiger partial charge in [0.2, 0.25) is 0 Å². The maximum absolute atomic E-state index is 9.16. The number of aryl methyl sites for hydroxylation is 1. The van der Waals surface area contributed by atoms with Crippen LogP contribution in [0.5, 0.6) is 0 Å². The summed E-state index contributed by atoms with van der Waals surface area (Å²) in [5.41, 5.74) is 0. The van der Waals surface area contributed by atoms with Crippen LogP contribution in [0.3, 0.4) is 0 Å². The SMILES string of the molecule is CCc1nc(Sc2nnc(CO)n2C)c2ccsc2n1. The van der Waals surface area contributed by atoms with E-state index in [1.165, 1.54) is 11.8 Å². The summed E-state index contributed by atoms with van der Waals surface area (Å²) in [4.78, 5) is 10.1. The third kappa shape index (κ3) is 2.30. The smallest absolute Gasteiger partial charge is 0.197 e. The highest BCUT2D eigenvalue weighted by Crippen LogP contribution is 2.32. The molecule has 0 amide bonds. The molecule has 0 aliphatic rings. The molecule has 3 heterocycles. The Labute approximate surface area is 123 Å². The first-order valence-electron chi connectivity index (χ1n) is 6.14. The van der Waals surface area contributed by atoms with E-state index >= 15 is 0 Å². The first kappa shape index (κ1) is 13.5. The Morgan fingerprint density at radius 2 is 2.20 bits per heavy atom. The van der Waals surface area contributed by atoms with Gasteiger partial charge in [-0.05, 0) is 23.2 Å². The zero-order chi connectivity index (χ0) is 14.1. The first-order chi connectivity index (χ1) is 9.72. The number of aliphatic hydroxyl groups is 1. The molecule has 0 fully saturated rings. The van der Waals surface area contributed by atoms with Crippen LogP contribution < -0.4 is 0 Å². The van der Waals surface area contributed by atoms with E-state index in [2.05, 4.69) is 20.2 Å². The van der Waals surface area contributed by atoms with Crippen LogP contribution in [-0.4, -0.2) is 29.8 Å². The van der Waals surface area contributed by atoms with Crippen LogP contribution in [0.2, 0.25) is 0 Å². The lowest BCUT2D eigenvalue weighted by Crippen LogP contribution is -1.99. The second kappa shape index (κ2) is 5.47. The summed E-state index contributed by atoms with van der Waals surface area (Å²) in [6, 6.07) is 2.02. The van der Waals surface area contributed by atoms with Crippen molar-refractivity contribution in [2.24, 2.45) is 7.05 Å². The quantitative estimate of drug-likeness (QED) is 0.743. The van der Waals surface area contributed by atoms with Crippen molar-refractivity contribution in [2.45, 2.75) is 30.1 Å². The zero-order valence-electron chi connectivity index (χ0n) is 11.1. The Morgan fingerprint density at radius 1 is 1.35 bits per heavy atom. The van der Waals surface area contributed by atoms with Crippen molar-refractivity contribution in [2.75, 3.05) is 0 Å². The Bertz CT molecular complexity index is 751. The molecule has 1 N–H and O–H groups in total. The monoisotopic (exact) mass is 307 g/mol. The van der Waals surface area contributed by atoms with Crippen LogP contribution in [0.15, 0.2) is 21.6 Å². The number of fused-ring (bicyclic) bond motifs is 1. The minimum Gasteiger partial charge on any atom is -0.388 e. The lowest BCUT2D eigenvalue weighted by molar-refractivity contribution is 0.266. The third-order valence-corrected chi connectivity index (χ3v) is 4.76. The van der Waals surface area contributed by atoms with Gasteiger partial charge in [0.1, 0.15) is 22.3 Å². The molecular formula is C12H13N5OS2. The van der Waals surface area contributed by atoms with Gasteiger partial charge in [0.05, 0.1) is 0 Å². The number of aromatic nitrogens is 5. The van der Waals surface area contributed by atoms with Gasteiger partial charge in [-0.25, -0.2) is 9.97 Å². The van der Waals surface area contributed by atoms with Crippen molar-refractivity contribution in [3.8, 4) is 0 Å². The van der Waals surface area contributed by atoms with Gasteiger partial charge in [0, 0.05) is 18.9 Å². The van der Waals surface area contributed by atoms with Crippen molar-refractivity contribution in [1.82, 2.24) is 24.7 Å². The fourth-order valence-electron chi connectivity index (χ4n) is 1.76. The van der Waals surface area contributed by atoms with Crippen molar-refractivity contribution in [1.29, 1.82) is 0 Å². The molecule has 3 aromatic rings. The molecule has 0 bridgehead atoms. The van der Waals surface area contributed by atoms with Gasteiger partial charge in [-0.2, -0.15) is 0 Å². The van der Waals surface area contributed by atoms with E-state index in [9.17, 15) is 0 Å². The number of rotatable bonds is 4. The van der Waals surface area contributed by atoms with Gasteiger partial charge in [0.25, 0.3) is 0 Å². The maximum Gasteiger partial charge on any atom is 0.197 e. The molecule has 0 saturated carbocycles. The van der Waals surface area contributed by atoms with Crippen LogP contribution in [0.1, 0.15) is 18.6 Å². The second-order valence-corrected chi connectivity index (χ2v) is 6.01. The van der Waals surface area contributed by atoms with E-state index in [4.69, 9.17) is 5.11 Å². The topological polar surface area (TPSA) is 76.7 Å². The summed E-state index contributed by atoms with van der Waals surface area (Å²) < 4.78 is 1.77. The van der Waals surface area contributed by atoms with E-state index < -0.39 is 0 Å². The lowest BCUT2D eigenvalue weighted by atomic mass is 10.4. The number of hydrogen-bond donors (Lipinski definition) is 1. The predicted octanol–water partition coefficient (Wildman–Crippen LogP) is 2.03. The average molecular weight is 307 g/mol. The van der Waals surface area contributed by atoms with Gasteiger partial charge in [0.15, 0.2) is 11.0 Å². The Balaban J connectivity index is 2.05. The molecule has 3 rings (SSSR count). The number of aliphatic hydroxyl groups excluding tert-OH is 1. The highest BCUT2D eigenvalue weighted by molar-refractivity contribution is 7.99. The molecule has 104 valence electrons. The molecule has 3 aromatic heterocycles. The van der Waals surface area contributed by atoms with Gasteiger partial charge < -0.3 is 9.67 Å². The fourth-order valence-corrected chi connectivity index (χ4v) is 3.53. The fraction of sp³-hybridized carbons (Fsp3) is 0.333. The summed E-state index contributed by atoms with van der Waals surface area (Å²) >= 11 is 3.06. The summed E-state index contributed by atoms with van der Waals surface area (Å²) in [7, 11) is 1.83. The van der Waals surface area contributed by atoms with E-state index in [0.717, 1.165) is 27.5 Å². The van der Waals surface area contributed by atoms with Crippen LogP contribution in [-0.2, 0) is 20.1 Å². The normalized spacial score (nSPS) is 11.3. The van der Waals surface area contributed by atoms with Crippen molar-refractivity contribution < 1.29 is 5.11 Å². The number of nitrogens with zero attached hydrogens (tertiary/aromatic N) is 5. The Kier molecular flexibility index (Phi) is 3.68. The largest absolute Gasteiger partial charge is 0.388 e. The third-order valence-electron chi connectivity index (χ3n) is 2.91. The van der Waals surface area contributed by atoms with Crippen molar-refractivity contribution >= 4 is 33.3 Å². The zero-order valence-corrected chi connectivity index (χ0v) is 12.7. The summed E-state index contributed by atoms with van der Waals surface area (Å²) in [6.45, 7) is 1.91.